The second-order valence-electron chi connectivity index (χ2n) is 8.82. The lowest BCUT2D eigenvalue weighted by Crippen LogP contribution is -2.25. The highest BCUT2D eigenvalue weighted by atomic mass is 32.2. The van der Waals surface area contributed by atoms with Gasteiger partial charge in [0.05, 0.1) is 23.1 Å². The van der Waals surface area contributed by atoms with Crippen LogP contribution in [0.15, 0.2) is 54.9 Å². The van der Waals surface area contributed by atoms with E-state index in [-0.39, 0.29) is 23.3 Å². The first-order chi connectivity index (χ1) is 16.5. The molecule has 1 unspecified atom stereocenters. The van der Waals surface area contributed by atoms with Gasteiger partial charge in [-0.25, -0.2) is 22.8 Å². The molecule has 10 heteroatoms. The topological polar surface area (TPSA) is 63.2 Å². The van der Waals surface area contributed by atoms with E-state index in [1.54, 1.807) is 17.0 Å². The molecule has 0 amide bonds. The zero-order valence-electron chi connectivity index (χ0n) is 19.1. The van der Waals surface area contributed by atoms with Crippen LogP contribution in [0.3, 0.4) is 0 Å². The lowest BCUT2D eigenvalue weighted by Gasteiger charge is -2.27. The van der Waals surface area contributed by atoms with Gasteiger partial charge in [-0.3, -0.25) is 0 Å². The average Bonchev–Trinajstić information content (AvgIpc) is 3.27. The van der Waals surface area contributed by atoms with Crippen molar-refractivity contribution in [1.29, 1.82) is 0 Å². The quantitative estimate of drug-likeness (QED) is 0.406. The van der Waals surface area contributed by atoms with Crippen molar-refractivity contribution in [3.8, 4) is 0 Å². The van der Waals surface area contributed by atoms with Gasteiger partial charge >= 0.3 is 6.18 Å². The first kappa shape index (κ1) is 25.1. The highest BCUT2D eigenvalue weighted by Gasteiger charge is 2.33. The molecule has 1 aliphatic rings. The molecule has 0 spiro atoms. The number of sulfone groups is 1. The summed E-state index contributed by atoms with van der Waals surface area (Å²) in [6, 6.07) is 11.9. The van der Waals surface area contributed by atoms with Crippen molar-refractivity contribution < 1.29 is 26.0 Å². The summed E-state index contributed by atoms with van der Waals surface area (Å²) < 4.78 is 77.0. The molecular weight excluding hydrogens is 482 g/mol. The summed E-state index contributed by atoms with van der Waals surface area (Å²) in [5.74, 6) is -0.409. The van der Waals surface area contributed by atoms with E-state index in [2.05, 4.69) is 9.97 Å². The number of rotatable bonds is 7. The average molecular weight is 508 g/mol. The Labute approximate surface area is 201 Å². The first-order valence-corrected chi connectivity index (χ1v) is 13.3. The molecule has 1 saturated heterocycles. The van der Waals surface area contributed by atoms with Crippen LogP contribution >= 0.6 is 0 Å². The third-order valence-corrected chi connectivity index (χ3v) is 6.95. The number of benzene rings is 2. The molecule has 0 radical (unpaired) electrons. The molecule has 1 atom stereocenters. The Balaban J connectivity index is 1.48. The van der Waals surface area contributed by atoms with Gasteiger partial charge < -0.3 is 4.90 Å². The van der Waals surface area contributed by atoms with Crippen molar-refractivity contribution in [2.24, 2.45) is 0 Å². The largest absolute Gasteiger partial charge is 0.416 e. The number of anilines is 1. The molecular formula is C25H25F4N3O2S. The van der Waals surface area contributed by atoms with Crippen LogP contribution in [-0.4, -0.2) is 31.2 Å². The van der Waals surface area contributed by atoms with Gasteiger partial charge in [-0.1, -0.05) is 36.4 Å². The van der Waals surface area contributed by atoms with E-state index in [4.69, 9.17) is 0 Å². The van der Waals surface area contributed by atoms with Gasteiger partial charge in [0.25, 0.3) is 0 Å². The molecule has 5 nitrogen and oxygen atoms in total. The van der Waals surface area contributed by atoms with E-state index >= 15 is 4.39 Å². The molecule has 186 valence electrons. The number of aromatic nitrogens is 2. The predicted octanol–water partition coefficient (Wildman–Crippen LogP) is 5.31. The van der Waals surface area contributed by atoms with Gasteiger partial charge in [0.15, 0.2) is 21.5 Å². The number of hydrogen-bond donors (Lipinski definition) is 0. The number of nitrogens with zero attached hydrogens (tertiary/aromatic N) is 3. The second kappa shape index (κ2) is 9.93. The molecule has 1 aromatic heterocycles. The van der Waals surface area contributed by atoms with Gasteiger partial charge in [0, 0.05) is 12.8 Å². The first-order valence-electron chi connectivity index (χ1n) is 11.2. The molecule has 0 aliphatic carbocycles. The Morgan fingerprint density at radius 2 is 1.63 bits per heavy atom. The molecule has 2 heterocycles. The maximum absolute atomic E-state index is 15.4. The molecule has 0 N–H and O–H groups in total. The minimum atomic E-state index is -4.41. The second-order valence-corrected chi connectivity index (χ2v) is 11.0. The summed E-state index contributed by atoms with van der Waals surface area (Å²) in [5, 5.41) is 0. The minimum Gasteiger partial charge on any atom is -0.347 e. The van der Waals surface area contributed by atoms with Crippen LogP contribution in [-0.2, 0) is 34.6 Å². The molecule has 2 aromatic carbocycles. The summed E-state index contributed by atoms with van der Waals surface area (Å²) in [6.45, 7) is 0.543. The van der Waals surface area contributed by atoms with Crippen LogP contribution in [0.5, 0.6) is 0 Å². The van der Waals surface area contributed by atoms with E-state index in [0.29, 0.717) is 36.9 Å². The van der Waals surface area contributed by atoms with E-state index in [0.717, 1.165) is 24.1 Å². The standard InChI is InChI=1S/C25H25F4N3O2S/c1-35(33,34)15-18-6-4-17(5-7-18)8-13-21-23(26)24(31-16-30-21)32-14-2-3-22(32)19-9-11-20(12-10-19)25(27,28)29/h4-7,9-12,16,22H,2-3,8,13-15H2,1H3. The lowest BCUT2D eigenvalue weighted by atomic mass is 10.0. The smallest absolute Gasteiger partial charge is 0.347 e. The van der Waals surface area contributed by atoms with Crippen molar-refractivity contribution in [1.82, 2.24) is 9.97 Å². The van der Waals surface area contributed by atoms with Crippen molar-refractivity contribution in [3.05, 3.63) is 88.6 Å². The van der Waals surface area contributed by atoms with Crippen LogP contribution in [0.25, 0.3) is 0 Å². The van der Waals surface area contributed by atoms with E-state index in [9.17, 15) is 21.6 Å². The molecule has 35 heavy (non-hydrogen) atoms. The fourth-order valence-electron chi connectivity index (χ4n) is 4.40. The number of halogens is 4. The van der Waals surface area contributed by atoms with Gasteiger partial charge in [0.2, 0.25) is 0 Å². The highest BCUT2D eigenvalue weighted by molar-refractivity contribution is 7.89. The van der Waals surface area contributed by atoms with Crippen LogP contribution in [0.2, 0.25) is 0 Å². The highest BCUT2D eigenvalue weighted by Crippen LogP contribution is 2.38. The van der Waals surface area contributed by atoms with Crippen LogP contribution in [0, 0.1) is 5.82 Å². The number of alkyl halides is 3. The van der Waals surface area contributed by atoms with E-state index in [1.807, 2.05) is 12.1 Å². The van der Waals surface area contributed by atoms with Crippen molar-refractivity contribution in [3.63, 3.8) is 0 Å². The predicted molar refractivity (Wildman–Crippen MR) is 125 cm³/mol. The SMILES string of the molecule is CS(=O)(=O)Cc1ccc(CCc2ncnc(N3CCCC3c3ccc(C(F)(F)F)cc3)c2F)cc1. The summed E-state index contributed by atoms with van der Waals surface area (Å²) in [4.78, 5) is 10.1. The van der Waals surface area contributed by atoms with E-state index < -0.39 is 27.4 Å². The summed E-state index contributed by atoms with van der Waals surface area (Å²) >= 11 is 0. The number of aryl methyl sites for hydroxylation is 2. The molecule has 1 aliphatic heterocycles. The molecule has 0 bridgehead atoms. The Morgan fingerprint density at radius 1 is 0.971 bits per heavy atom. The zero-order chi connectivity index (χ0) is 25.2. The maximum Gasteiger partial charge on any atom is 0.416 e. The molecule has 1 fully saturated rings. The number of hydrogen-bond acceptors (Lipinski definition) is 5. The van der Waals surface area contributed by atoms with Crippen molar-refractivity contribution in [2.75, 3.05) is 17.7 Å². The van der Waals surface area contributed by atoms with Crippen LogP contribution in [0.1, 0.15) is 46.8 Å². The van der Waals surface area contributed by atoms with Gasteiger partial charge in [-0.2, -0.15) is 13.2 Å². The normalized spacial score (nSPS) is 16.6. The van der Waals surface area contributed by atoms with E-state index in [1.165, 1.54) is 24.7 Å². The summed E-state index contributed by atoms with van der Waals surface area (Å²) in [7, 11) is -3.12. The monoisotopic (exact) mass is 507 g/mol. The van der Waals surface area contributed by atoms with Crippen LogP contribution < -0.4 is 4.90 Å². The van der Waals surface area contributed by atoms with Crippen molar-refractivity contribution in [2.45, 2.75) is 43.7 Å². The van der Waals surface area contributed by atoms with Crippen LogP contribution in [0.4, 0.5) is 23.4 Å². The summed E-state index contributed by atoms with van der Waals surface area (Å²) in [6.07, 6.45) is 0.369. The zero-order valence-corrected chi connectivity index (χ0v) is 19.9. The van der Waals surface area contributed by atoms with Gasteiger partial charge in [-0.05, 0) is 54.5 Å². The summed E-state index contributed by atoms with van der Waals surface area (Å²) in [5.41, 5.74) is 1.84. The molecule has 3 aromatic rings. The third-order valence-electron chi connectivity index (χ3n) is 6.09. The molecule has 0 saturated carbocycles. The van der Waals surface area contributed by atoms with Crippen molar-refractivity contribution >= 4 is 15.7 Å². The van der Waals surface area contributed by atoms with Gasteiger partial charge in [-0.15, -0.1) is 0 Å². The Kier molecular flexibility index (Phi) is 7.12. The maximum atomic E-state index is 15.4. The molecule has 4 rings (SSSR count). The fourth-order valence-corrected chi connectivity index (χ4v) is 5.20. The Hall–Kier alpha value is -3.01. The minimum absolute atomic E-state index is 0.0346. The Morgan fingerprint density at radius 3 is 2.26 bits per heavy atom. The third kappa shape index (κ3) is 6.17. The Bertz CT molecular complexity index is 1280. The fraction of sp³-hybridized carbons (Fsp3) is 0.360. The van der Waals surface area contributed by atoms with Gasteiger partial charge in [0.1, 0.15) is 6.33 Å². The lowest BCUT2D eigenvalue weighted by molar-refractivity contribution is -0.137.